The van der Waals surface area contributed by atoms with Crippen molar-refractivity contribution in [1.29, 1.82) is 0 Å². The summed E-state index contributed by atoms with van der Waals surface area (Å²) >= 11 is 0. The van der Waals surface area contributed by atoms with Crippen LogP contribution < -0.4 is 5.32 Å². The third kappa shape index (κ3) is 3.78. The van der Waals surface area contributed by atoms with Crippen LogP contribution >= 0.6 is 0 Å². The second-order valence-electron chi connectivity index (χ2n) is 5.81. The van der Waals surface area contributed by atoms with Crippen molar-refractivity contribution in [1.82, 2.24) is 14.5 Å². The van der Waals surface area contributed by atoms with Gasteiger partial charge in [0, 0.05) is 32.2 Å². The number of hydrogen-bond donors (Lipinski definition) is 1. The van der Waals surface area contributed by atoms with Crippen LogP contribution in [0.15, 0.2) is 29.2 Å². The highest BCUT2D eigenvalue weighted by Crippen LogP contribution is 2.18. The third-order valence-corrected chi connectivity index (χ3v) is 5.51. The zero-order valence-corrected chi connectivity index (χ0v) is 14.1. The van der Waals surface area contributed by atoms with Crippen molar-refractivity contribution < 1.29 is 13.2 Å². The molecule has 122 valence electrons. The van der Waals surface area contributed by atoms with E-state index in [4.69, 9.17) is 0 Å². The summed E-state index contributed by atoms with van der Waals surface area (Å²) in [5, 5.41) is 2.82. The number of nitrogens with zero attached hydrogens (tertiary/aromatic N) is 2. The number of amides is 2. The molecule has 0 saturated carbocycles. The van der Waals surface area contributed by atoms with E-state index in [-0.39, 0.29) is 12.1 Å². The van der Waals surface area contributed by atoms with Crippen molar-refractivity contribution in [2.75, 3.05) is 26.2 Å². The van der Waals surface area contributed by atoms with Crippen molar-refractivity contribution >= 4 is 16.1 Å². The summed E-state index contributed by atoms with van der Waals surface area (Å²) in [5.41, 5.74) is 1.02. The Kier molecular flexibility index (Phi) is 5.08. The Bertz CT molecular complexity index is 618. The molecule has 1 fully saturated rings. The van der Waals surface area contributed by atoms with E-state index in [0.717, 1.165) is 5.56 Å². The highest BCUT2D eigenvalue weighted by molar-refractivity contribution is 7.89. The zero-order chi connectivity index (χ0) is 16.3. The molecule has 0 spiro atoms. The van der Waals surface area contributed by atoms with Gasteiger partial charge in [-0.1, -0.05) is 17.7 Å². The van der Waals surface area contributed by atoms with Crippen LogP contribution in [0.3, 0.4) is 0 Å². The fourth-order valence-electron chi connectivity index (χ4n) is 2.33. The van der Waals surface area contributed by atoms with Gasteiger partial charge in [0.2, 0.25) is 10.0 Å². The first-order valence-corrected chi connectivity index (χ1v) is 8.87. The van der Waals surface area contributed by atoms with Crippen LogP contribution in [0.4, 0.5) is 4.79 Å². The largest absolute Gasteiger partial charge is 0.336 e. The first kappa shape index (κ1) is 16.8. The number of hydrogen-bond acceptors (Lipinski definition) is 3. The maximum absolute atomic E-state index is 12.6. The van der Waals surface area contributed by atoms with Gasteiger partial charge in [-0.05, 0) is 32.9 Å². The molecule has 0 aromatic heterocycles. The van der Waals surface area contributed by atoms with Gasteiger partial charge >= 0.3 is 6.03 Å². The number of piperazine rings is 1. The van der Waals surface area contributed by atoms with Gasteiger partial charge in [-0.15, -0.1) is 0 Å². The lowest BCUT2D eigenvalue weighted by Crippen LogP contribution is -2.53. The predicted molar refractivity (Wildman–Crippen MR) is 85.2 cm³/mol. The van der Waals surface area contributed by atoms with Crippen LogP contribution in [0.1, 0.15) is 19.4 Å². The van der Waals surface area contributed by atoms with Gasteiger partial charge in [0.25, 0.3) is 0 Å². The number of sulfonamides is 1. The van der Waals surface area contributed by atoms with E-state index < -0.39 is 10.0 Å². The van der Waals surface area contributed by atoms with Crippen LogP contribution in [0, 0.1) is 6.92 Å². The maximum atomic E-state index is 12.6. The molecule has 7 heteroatoms. The Balaban J connectivity index is 2.01. The van der Waals surface area contributed by atoms with Crippen LogP contribution in [0.5, 0.6) is 0 Å². The monoisotopic (exact) mass is 325 g/mol. The van der Waals surface area contributed by atoms with E-state index in [2.05, 4.69) is 5.32 Å². The minimum atomic E-state index is -3.48. The van der Waals surface area contributed by atoms with E-state index in [1.807, 2.05) is 20.8 Å². The fraction of sp³-hybridized carbons (Fsp3) is 0.533. The van der Waals surface area contributed by atoms with Gasteiger partial charge in [-0.2, -0.15) is 4.31 Å². The van der Waals surface area contributed by atoms with Crippen LogP contribution in [0.2, 0.25) is 0 Å². The summed E-state index contributed by atoms with van der Waals surface area (Å²) < 4.78 is 26.6. The number of aryl methyl sites for hydroxylation is 1. The Morgan fingerprint density at radius 3 is 2.14 bits per heavy atom. The Hall–Kier alpha value is -1.60. The van der Waals surface area contributed by atoms with Gasteiger partial charge in [0.1, 0.15) is 0 Å². The smallest absolute Gasteiger partial charge is 0.317 e. The highest BCUT2D eigenvalue weighted by atomic mass is 32.2. The molecule has 0 radical (unpaired) electrons. The van der Waals surface area contributed by atoms with Crippen molar-refractivity contribution in [2.45, 2.75) is 31.7 Å². The molecule has 0 aliphatic carbocycles. The molecule has 1 aliphatic rings. The van der Waals surface area contributed by atoms with E-state index in [1.165, 1.54) is 4.31 Å². The molecule has 1 aromatic rings. The average Bonchev–Trinajstić information content (AvgIpc) is 2.47. The zero-order valence-electron chi connectivity index (χ0n) is 13.2. The number of carbonyl (C=O) groups excluding carboxylic acids is 1. The summed E-state index contributed by atoms with van der Waals surface area (Å²) in [4.78, 5) is 13.9. The normalized spacial score (nSPS) is 16.8. The van der Waals surface area contributed by atoms with Crippen LogP contribution in [-0.4, -0.2) is 55.9 Å². The van der Waals surface area contributed by atoms with Crippen molar-refractivity contribution in [2.24, 2.45) is 0 Å². The second kappa shape index (κ2) is 6.66. The van der Waals surface area contributed by atoms with E-state index >= 15 is 0 Å². The number of benzene rings is 1. The molecule has 0 unspecified atom stereocenters. The van der Waals surface area contributed by atoms with Gasteiger partial charge in [-0.25, -0.2) is 13.2 Å². The summed E-state index contributed by atoms with van der Waals surface area (Å²) in [6.07, 6.45) is 0. The quantitative estimate of drug-likeness (QED) is 0.914. The van der Waals surface area contributed by atoms with Gasteiger partial charge in [0.15, 0.2) is 0 Å². The van der Waals surface area contributed by atoms with Crippen LogP contribution in [-0.2, 0) is 10.0 Å². The molecule has 0 atom stereocenters. The number of carbonyl (C=O) groups is 1. The summed E-state index contributed by atoms with van der Waals surface area (Å²) in [7, 11) is -3.48. The Labute approximate surface area is 132 Å². The molecule has 0 bridgehead atoms. The lowest BCUT2D eigenvalue weighted by molar-refractivity contribution is 0.170. The fourth-order valence-corrected chi connectivity index (χ4v) is 3.75. The summed E-state index contributed by atoms with van der Waals surface area (Å²) in [6, 6.07) is 6.77. The minimum Gasteiger partial charge on any atom is -0.336 e. The van der Waals surface area contributed by atoms with E-state index in [1.54, 1.807) is 29.2 Å². The maximum Gasteiger partial charge on any atom is 0.317 e. The Morgan fingerprint density at radius 2 is 1.64 bits per heavy atom. The van der Waals surface area contributed by atoms with Gasteiger partial charge < -0.3 is 10.2 Å². The third-order valence-electron chi connectivity index (χ3n) is 3.60. The lowest BCUT2D eigenvalue weighted by Gasteiger charge is -2.34. The molecule has 6 nitrogen and oxygen atoms in total. The van der Waals surface area contributed by atoms with Crippen molar-refractivity contribution in [3.05, 3.63) is 29.8 Å². The molecule has 1 saturated heterocycles. The molecule has 1 N–H and O–H groups in total. The first-order valence-electron chi connectivity index (χ1n) is 7.43. The molecule has 1 aromatic carbocycles. The van der Waals surface area contributed by atoms with Gasteiger partial charge in [-0.3, -0.25) is 0 Å². The molecule has 22 heavy (non-hydrogen) atoms. The molecule has 2 rings (SSSR count). The number of urea groups is 1. The Morgan fingerprint density at radius 1 is 1.09 bits per heavy atom. The highest BCUT2D eigenvalue weighted by Gasteiger charge is 2.30. The topological polar surface area (TPSA) is 69.7 Å². The molecule has 1 aliphatic heterocycles. The van der Waals surface area contributed by atoms with Crippen LogP contribution in [0.25, 0.3) is 0 Å². The lowest BCUT2D eigenvalue weighted by atomic mass is 10.2. The van der Waals surface area contributed by atoms with Crippen molar-refractivity contribution in [3.8, 4) is 0 Å². The molecular formula is C15H23N3O3S. The first-order chi connectivity index (χ1) is 10.3. The standard InChI is InChI=1S/C15H23N3O3S/c1-12(2)16-15(19)17-8-10-18(11-9-17)22(20,21)14-6-4-13(3)5-7-14/h4-7,12H,8-11H2,1-3H3,(H,16,19). The number of rotatable bonds is 3. The van der Waals surface area contributed by atoms with Gasteiger partial charge in [0.05, 0.1) is 4.90 Å². The molecular weight excluding hydrogens is 302 g/mol. The second-order valence-corrected chi connectivity index (χ2v) is 7.75. The van der Waals surface area contributed by atoms with E-state index in [9.17, 15) is 13.2 Å². The predicted octanol–water partition coefficient (Wildman–Crippen LogP) is 1.42. The minimum absolute atomic E-state index is 0.0711. The van der Waals surface area contributed by atoms with E-state index in [0.29, 0.717) is 31.1 Å². The number of nitrogens with one attached hydrogen (secondary N) is 1. The summed E-state index contributed by atoms with van der Waals surface area (Å²) in [6.45, 7) is 7.17. The average molecular weight is 325 g/mol. The SMILES string of the molecule is Cc1ccc(S(=O)(=O)N2CCN(C(=O)NC(C)C)CC2)cc1. The van der Waals surface area contributed by atoms with Crippen molar-refractivity contribution in [3.63, 3.8) is 0 Å². The summed E-state index contributed by atoms with van der Waals surface area (Å²) in [5.74, 6) is 0. The molecule has 2 amide bonds. The molecule has 1 heterocycles.